The van der Waals surface area contributed by atoms with Gasteiger partial charge in [0.2, 0.25) is 0 Å². The highest BCUT2D eigenvalue weighted by Gasteiger charge is 2.21. The van der Waals surface area contributed by atoms with Gasteiger partial charge in [-0.05, 0) is 42.8 Å². The normalized spacial score (nSPS) is 11.8. The summed E-state index contributed by atoms with van der Waals surface area (Å²) in [6.45, 7) is 6.60. The lowest BCUT2D eigenvalue weighted by Gasteiger charge is -2.23. The highest BCUT2D eigenvalue weighted by atomic mass is 79.9. The number of nitrogens with zero attached hydrogens (tertiary/aromatic N) is 2. The summed E-state index contributed by atoms with van der Waals surface area (Å²) in [4.78, 5) is 24.0. The molecule has 0 bridgehead atoms. The zero-order valence-corrected chi connectivity index (χ0v) is 13.2. The molecule has 0 aliphatic carbocycles. The Balaban J connectivity index is 2.89. The van der Waals surface area contributed by atoms with E-state index in [1.54, 1.807) is 11.8 Å². The number of halogens is 1. The number of rotatable bonds is 6. The molecule has 0 fully saturated rings. The Morgan fingerprint density at radius 2 is 2.05 bits per heavy atom. The largest absolute Gasteiger partial charge is 0.479 e. The van der Waals surface area contributed by atoms with Crippen LogP contribution in [0.5, 0.6) is 5.75 Å². The molecule has 1 amide bonds. The zero-order valence-electron chi connectivity index (χ0n) is 11.6. The van der Waals surface area contributed by atoms with Gasteiger partial charge < -0.3 is 9.64 Å². The minimum atomic E-state index is -0.701. The number of ether oxygens (including phenoxy) is 1. The molecule has 1 unspecified atom stereocenters. The summed E-state index contributed by atoms with van der Waals surface area (Å²) >= 11 is 3.26. The first-order valence-corrected chi connectivity index (χ1v) is 7.09. The molecule has 0 aliphatic heterocycles. The lowest BCUT2D eigenvalue weighted by Crippen LogP contribution is -2.40. The molecule has 6 nitrogen and oxygen atoms in total. The number of benzene rings is 1. The van der Waals surface area contributed by atoms with Crippen LogP contribution in [0.2, 0.25) is 0 Å². The van der Waals surface area contributed by atoms with Crippen molar-refractivity contribution in [3.05, 3.63) is 32.8 Å². The fourth-order valence-electron chi connectivity index (χ4n) is 1.73. The third-order valence-electron chi connectivity index (χ3n) is 2.85. The Kier molecular flexibility index (Phi) is 5.94. The minimum absolute atomic E-state index is 0.0781. The topological polar surface area (TPSA) is 72.7 Å². The fraction of sp³-hybridized carbons (Fsp3) is 0.462. The van der Waals surface area contributed by atoms with Gasteiger partial charge in [0.25, 0.3) is 11.6 Å². The number of carbonyl (C=O) groups is 1. The fourth-order valence-corrected chi connectivity index (χ4v) is 2.07. The Hall–Kier alpha value is -1.63. The number of amides is 1. The van der Waals surface area contributed by atoms with E-state index in [1.165, 1.54) is 18.2 Å². The average molecular weight is 345 g/mol. The molecule has 1 atom stereocenters. The molecule has 0 saturated heterocycles. The third-order valence-corrected chi connectivity index (χ3v) is 3.51. The van der Waals surface area contributed by atoms with Gasteiger partial charge in [-0.25, -0.2) is 0 Å². The van der Waals surface area contributed by atoms with Crippen LogP contribution in [0.3, 0.4) is 0 Å². The van der Waals surface area contributed by atoms with E-state index in [-0.39, 0.29) is 17.3 Å². The van der Waals surface area contributed by atoms with Crippen LogP contribution in [0.1, 0.15) is 20.8 Å². The number of carbonyl (C=O) groups excluding carboxylic acids is 1. The molecule has 20 heavy (non-hydrogen) atoms. The predicted octanol–water partition coefficient (Wildman–Crippen LogP) is 2.99. The van der Waals surface area contributed by atoms with Crippen molar-refractivity contribution in [3.8, 4) is 5.75 Å². The van der Waals surface area contributed by atoms with Gasteiger partial charge in [-0.1, -0.05) is 0 Å². The van der Waals surface area contributed by atoms with Crippen LogP contribution in [0.15, 0.2) is 22.7 Å². The number of hydrogen-bond donors (Lipinski definition) is 0. The highest BCUT2D eigenvalue weighted by Crippen LogP contribution is 2.30. The molecular weight excluding hydrogens is 328 g/mol. The van der Waals surface area contributed by atoms with E-state index in [0.717, 1.165) is 0 Å². The van der Waals surface area contributed by atoms with Crippen molar-refractivity contribution in [3.63, 3.8) is 0 Å². The molecule has 0 aliphatic rings. The van der Waals surface area contributed by atoms with Crippen molar-refractivity contribution in [1.82, 2.24) is 4.90 Å². The van der Waals surface area contributed by atoms with E-state index in [9.17, 15) is 14.9 Å². The van der Waals surface area contributed by atoms with E-state index in [0.29, 0.717) is 17.6 Å². The van der Waals surface area contributed by atoms with Gasteiger partial charge in [-0.15, -0.1) is 0 Å². The van der Waals surface area contributed by atoms with Crippen LogP contribution in [0.4, 0.5) is 5.69 Å². The van der Waals surface area contributed by atoms with Gasteiger partial charge in [0.1, 0.15) is 5.75 Å². The summed E-state index contributed by atoms with van der Waals surface area (Å²) in [6.07, 6.45) is -0.701. The molecule has 1 aromatic rings. The summed E-state index contributed by atoms with van der Waals surface area (Å²) in [5.41, 5.74) is -0.0781. The first kappa shape index (κ1) is 16.4. The Morgan fingerprint density at radius 1 is 1.45 bits per heavy atom. The van der Waals surface area contributed by atoms with Crippen molar-refractivity contribution in [2.24, 2.45) is 0 Å². The van der Waals surface area contributed by atoms with E-state index in [1.807, 2.05) is 13.8 Å². The molecule has 0 radical (unpaired) electrons. The first-order chi connectivity index (χ1) is 9.40. The van der Waals surface area contributed by atoms with Gasteiger partial charge in [0.05, 0.1) is 15.5 Å². The molecule has 0 aromatic heterocycles. The van der Waals surface area contributed by atoms with E-state index >= 15 is 0 Å². The second kappa shape index (κ2) is 7.23. The van der Waals surface area contributed by atoms with Crippen LogP contribution in [-0.4, -0.2) is 34.9 Å². The van der Waals surface area contributed by atoms with Crippen LogP contribution in [-0.2, 0) is 4.79 Å². The van der Waals surface area contributed by atoms with Crippen LogP contribution in [0, 0.1) is 10.1 Å². The van der Waals surface area contributed by atoms with E-state index in [4.69, 9.17) is 4.74 Å². The van der Waals surface area contributed by atoms with E-state index in [2.05, 4.69) is 15.9 Å². The average Bonchev–Trinajstić information content (AvgIpc) is 2.42. The molecule has 110 valence electrons. The lowest BCUT2D eigenvalue weighted by molar-refractivity contribution is -0.385. The highest BCUT2D eigenvalue weighted by molar-refractivity contribution is 9.10. The Labute approximate surface area is 126 Å². The number of nitro benzene ring substituents is 1. The lowest BCUT2D eigenvalue weighted by atomic mass is 10.3. The maximum absolute atomic E-state index is 12.1. The number of nitro groups is 1. The SMILES string of the molecule is CCN(CC)C(=O)C(C)Oc1cc([N+](=O)[O-])ccc1Br. The Bertz CT molecular complexity index is 503. The summed E-state index contributed by atoms with van der Waals surface area (Å²) in [6, 6.07) is 4.20. The second-order valence-corrected chi connectivity index (χ2v) is 5.00. The van der Waals surface area contributed by atoms with Crippen LogP contribution in [0.25, 0.3) is 0 Å². The molecule has 1 rings (SSSR count). The minimum Gasteiger partial charge on any atom is -0.479 e. The quantitative estimate of drug-likeness (QED) is 0.587. The monoisotopic (exact) mass is 344 g/mol. The summed E-state index contributed by atoms with van der Waals surface area (Å²) in [5.74, 6) is 0.139. The molecular formula is C13H17BrN2O4. The van der Waals surface area contributed by atoms with Crippen LogP contribution < -0.4 is 4.74 Å². The summed E-state index contributed by atoms with van der Waals surface area (Å²) in [5, 5.41) is 10.7. The molecule has 0 spiro atoms. The maximum atomic E-state index is 12.1. The summed E-state index contributed by atoms with van der Waals surface area (Å²) in [7, 11) is 0. The molecule has 0 saturated carbocycles. The van der Waals surface area contributed by atoms with Gasteiger partial charge >= 0.3 is 0 Å². The number of hydrogen-bond acceptors (Lipinski definition) is 4. The van der Waals surface area contributed by atoms with Crippen molar-refractivity contribution in [1.29, 1.82) is 0 Å². The van der Waals surface area contributed by atoms with Gasteiger partial charge in [-0.2, -0.15) is 0 Å². The van der Waals surface area contributed by atoms with Gasteiger partial charge in [0.15, 0.2) is 6.10 Å². The third kappa shape index (κ3) is 3.93. The van der Waals surface area contributed by atoms with Crippen molar-refractivity contribution in [2.45, 2.75) is 26.9 Å². The second-order valence-electron chi connectivity index (χ2n) is 4.14. The van der Waals surface area contributed by atoms with Crippen molar-refractivity contribution < 1.29 is 14.5 Å². The van der Waals surface area contributed by atoms with Gasteiger partial charge in [0, 0.05) is 19.2 Å². The Morgan fingerprint density at radius 3 is 2.55 bits per heavy atom. The smallest absolute Gasteiger partial charge is 0.273 e. The van der Waals surface area contributed by atoms with Crippen molar-refractivity contribution in [2.75, 3.05) is 13.1 Å². The summed E-state index contributed by atoms with van der Waals surface area (Å²) < 4.78 is 6.11. The first-order valence-electron chi connectivity index (χ1n) is 6.30. The molecule has 0 N–H and O–H groups in total. The van der Waals surface area contributed by atoms with E-state index < -0.39 is 11.0 Å². The van der Waals surface area contributed by atoms with Crippen LogP contribution >= 0.6 is 15.9 Å². The maximum Gasteiger partial charge on any atom is 0.273 e. The predicted molar refractivity (Wildman–Crippen MR) is 78.8 cm³/mol. The number of likely N-dealkylation sites (N-methyl/N-ethyl adjacent to an activating group) is 1. The standard InChI is InChI=1S/C13H17BrN2O4/c1-4-15(5-2)13(17)9(3)20-12-8-10(16(18)19)6-7-11(12)14/h6-9H,4-5H2,1-3H3. The molecule has 7 heteroatoms. The number of non-ortho nitro benzene ring substituents is 1. The molecule has 0 heterocycles. The molecule has 1 aromatic carbocycles. The van der Waals surface area contributed by atoms with Crippen molar-refractivity contribution >= 4 is 27.5 Å². The van der Waals surface area contributed by atoms with Gasteiger partial charge in [-0.3, -0.25) is 14.9 Å². The zero-order chi connectivity index (χ0) is 15.3.